The third kappa shape index (κ3) is 3.47. The van der Waals surface area contributed by atoms with E-state index in [0.29, 0.717) is 6.04 Å². The number of hydrogen-bond donors (Lipinski definition) is 1. The number of thioether (sulfide) groups is 1. The fraction of sp³-hybridized carbons (Fsp3) is 0.688. The van der Waals surface area contributed by atoms with E-state index in [-0.39, 0.29) is 0 Å². The minimum absolute atomic E-state index is 0.536. The van der Waals surface area contributed by atoms with E-state index in [0.717, 1.165) is 30.2 Å². The molecule has 2 rings (SSSR count). The summed E-state index contributed by atoms with van der Waals surface area (Å²) in [7, 11) is 1.74. The van der Waals surface area contributed by atoms with Crippen LogP contribution in [0.2, 0.25) is 0 Å². The number of rotatable bonds is 6. The van der Waals surface area contributed by atoms with Crippen molar-refractivity contribution in [3.63, 3.8) is 0 Å². The zero-order valence-electron chi connectivity index (χ0n) is 13.0. The highest BCUT2D eigenvalue weighted by Crippen LogP contribution is 2.30. The average Bonchev–Trinajstić information content (AvgIpc) is 2.95. The molecule has 20 heavy (non-hydrogen) atoms. The summed E-state index contributed by atoms with van der Waals surface area (Å²) < 4.78 is 5.52. The summed E-state index contributed by atoms with van der Waals surface area (Å²) in [5.41, 5.74) is 3.49. The van der Waals surface area contributed by atoms with Crippen LogP contribution in [0.3, 0.4) is 0 Å². The van der Waals surface area contributed by atoms with Crippen LogP contribution in [-0.4, -0.2) is 36.2 Å². The van der Waals surface area contributed by atoms with E-state index < -0.39 is 0 Å². The molecular formula is C16H26N2OS. The predicted molar refractivity (Wildman–Crippen MR) is 86.9 cm³/mol. The Hall–Kier alpha value is -0.740. The maximum atomic E-state index is 5.52. The molecule has 2 unspecified atom stereocenters. The number of hydrogen-bond acceptors (Lipinski definition) is 4. The van der Waals surface area contributed by atoms with Crippen LogP contribution in [0.15, 0.2) is 6.20 Å². The Kier molecular flexibility index (Phi) is 5.73. The van der Waals surface area contributed by atoms with Gasteiger partial charge >= 0.3 is 0 Å². The third-order valence-electron chi connectivity index (χ3n) is 4.16. The molecule has 112 valence electrons. The molecular weight excluding hydrogens is 268 g/mol. The molecule has 0 amide bonds. The molecule has 2 atom stereocenters. The number of pyridine rings is 1. The second-order valence-electron chi connectivity index (χ2n) is 5.54. The monoisotopic (exact) mass is 294 g/mol. The molecule has 1 saturated heterocycles. The first-order valence-corrected chi connectivity index (χ1v) is 8.63. The molecule has 0 aromatic carbocycles. The zero-order valence-corrected chi connectivity index (χ0v) is 13.8. The Morgan fingerprint density at radius 2 is 2.30 bits per heavy atom. The number of ether oxygens (including phenoxy) is 1. The maximum absolute atomic E-state index is 5.52. The second-order valence-corrected chi connectivity index (χ2v) is 6.69. The number of nitrogens with zero attached hydrogens (tertiary/aromatic N) is 1. The first-order valence-electron chi connectivity index (χ1n) is 7.47. The van der Waals surface area contributed by atoms with Crippen LogP contribution in [0.1, 0.15) is 30.2 Å². The van der Waals surface area contributed by atoms with E-state index in [1.54, 1.807) is 7.11 Å². The van der Waals surface area contributed by atoms with Crippen molar-refractivity contribution in [1.29, 1.82) is 0 Å². The molecule has 0 bridgehead atoms. The summed E-state index contributed by atoms with van der Waals surface area (Å²) in [6, 6.07) is 0.536. The highest BCUT2D eigenvalue weighted by Gasteiger charge is 2.26. The van der Waals surface area contributed by atoms with Crippen molar-refractivity contribution in [2.24, 2.45) is 5.92 Å². The molecule has 1 aliphatic heterocycles. The van der Waals surface area contributed by atoms with Gasteiger partial charge in [0.25, 0.3) is 0 Å². The maximum Gasteiger partial charge on any atom is 0.128 e. The summed E-state index contributed by atoms with van der Waals surface area (Å²) in [6.45, 7) is 7.39. The van der Waals surface area contributed by atoms with Crippen molar-refractivity contribution in [2.75, 3.05) is 25.2 Å². The van der Waals surface area contributed by atoms with Crippen LogP contribution in [0.25, 0.3) is 0 Å². The SMILES string of the molecule is CCNC(Cc1ncc(C)c(OC)c1C)C1CCSC1. The molecule has 1 aromatic heterocycles. The lowest BCUT2D eigenvalue weighted by Gasteiger charge is -2.24. The van der Waals surface area contributed by atoms with Gasteiger partial charge in [-0.3, -0.25) is 4.98 Å². The number of methoxy groups -OCH3 is 1. The molecule has 3 nitrogen and oxygen atoms in total. The molecule has 0 saturated carbocycles. The van der Waals surface area contributed by atoms with Gasteiger partial charge in [-0.15, -0.1) is 0 Å². The van der Waals surface area contributed by atoms with Gasteiger partial charge in [0.1, 0.15) is 5.75 Å². The third-order valence-corrected chi connectivity index (χ3v) is 5.35. The van der Waals surface area contributed by atoms with Crippen LogP contribution in [0, 0.1) is 19.8 Å². The average molecular weight is 294 g/mol. The summed E-state index contributed by atoms with van der Waals surface area (Å²) in [6.07, 6.45) is 4.26. The zero-order chi connectivity index (χ0) is 14.5. The molecule has 0 aliphatic carbocycles. The Balaban J connectivity index is 2.17. The van der Waals surface area contributed by atoms with Crippen molar-refractivity contribution in [2.45, 2.75) is 39.7 Å². The van der Waals surface area contributed by atoms with E-state index in [4.69, 9.17) is 4.74 Å². The molecule has 1 aromatic rings. The summed E-state index contributed by atoms with van der Waals surface area (Å²) in [4.78, 5) is 4.65. The van der Waals surface area contributed by atoms with Gasteiger partial charge in [0.2, 0.25) is 0 Å². The molecule has 0 radical (unpaired) electrons. The van der Waals surface area contributed by atoms with Crippen LogP contribution < -0.4 is 10.1 Å². The standard InChI is InChI=1S/C16H26N2OS/c1-5-17-15(13-6-7-20-10-13)8-14-12(3)16(19-4)11(2)9-18-14/h9,13,15,17H,5-8,10H2,1-4H3. The smallest absolute Gasteiger partial charge is 0.128 e. The Labute approximate surface area is 126 Å². The molecule has 4 heteroatoms. The highest BCUT2D eigenvalue weighted by atomic mass is 32.2. The summed E-state index contributed by atoms with van der Waals surface area (Å²) in [5.74, 6) is 4.34. The second kappa shape index (κ2) is 7.32. The van der Waals surface area contributed by atoms with Crippen LogP contribution in [-0.2, 0) is 6.42 Å². The van der Waals surface area contributed by atoms with Gasteiger partial charge in [-0.2, -0.15) is 11.8 Å². The molecule has 2 heterocycles. The van der Waals surface area contributed by atoms with Gasteiger partial charge in [-0.1, -0.05) is 6.92 Å². The predicted octanol–water partition coefficient (Wildman–Crippen LogP) is 2.98. The van der Waals surface area contributed by atoms with E-state index >= 15 is 0 Å². The first-order chi connectivity index (χ1) is 9.67. The minimum atomic E-state index is 0.536. The number of nitrogens with one attached hydrogen (secondary N) is 1. The van der Waals surface area contributed by atoms with Gasteiger partial charge in [-0.05, 0) is 44.2 Å². The van der Waals surface area contributed by atoms with E-state index in [9.17, 15) is 0 Å². The van der Waals surface area contributed by atoms with E-state index in [2.05, 4.69) is 42.8 Å². The van der Waals surface area contributed by atoms with Gasteiger partial charge in [0, 0.05) is 35.5 Å². The normalized spacial score (nSPS) is 20.1. The Morgan fingerprint density at radius 1 is 1.50 bits per heavy atom. The van der Waals surface area contributed by atoms with Gasteiger partial charge in [-0.25, -0.2) is 0 Å². The fourth-order valence-electron chi connectivity index (χ4n) is 3.02. The Bertz CT molecular complexity index is 444. The van der Waals surface area contributed by atoms with E-state index in [1.807, 2.05) is 6.20 Å². The molecule has 1 aliphatic rings. The Morgan fingerprint density at radius 3 is 2.90 bits per heavy atom. The van der Waals surface area contributed by atoms with Crippen molar-refractivity contribution < 1.29 is 4.74 Å². The van der Waals surface area contributed by atoms with Crippen molar-refractivity contribution in [1.82, 2.24) is 10.3 Å². The van der Waals surface area contributed by atoms with Crippen LogP contribution in [0.4, 0.5) is 0 Å². The summed E-state index contributed by atoms with van der Waals surface area (Å²) >= 11 is 2.08. The van der Waals surface area contributed by atoms with Crippen molar-refractivity contribution in [3.05, 3.63) is 23.0 Å². The lowest BCUT2D eigenvalue weighted by atomic mass is 9.93. The topological polar surface area (TPSA) is 34.2 Å². The van der Waals surface area contributed by atoms with Gasteiger partial charge in [0.15, 0.2) is 0 Å². The molecule has 1 N–H and O–H groups in total. The van der Waals surface area contributed by atoms with Crippen molar-refractivity contribution in [3.8, 4) is 5.75 Å². The highest BCUT2D eigenvalue weighted by molar-refractivity contribution is 7.99. The lowest BCUT2D eigenvalue weighted by molar-refractivity contribution is 0.380. The lowest BCUT2D eigenvalue weighted by Crippen LogP contribution is -2.38. The first kappa shape index (κ1) is 15.6. The summed E-state index contributed by atoms with van der Waals surface area (Å²) in [5, 5.41) is 3.66. The van der Waals surface area contributed by atoms with E-state index in [1.165, 1.54) is 29.2 Å². The van der Waals surface area contributed by atoms with Gasteiger partial charge < -0.3 is 10.1 Å². The number of likely N-dealkylation sites (N-methyl/N-ethyl adjacent to an activating group) is 1. The number of aromatic nitrogens is 1. The number of aryl methyl sites for hydroxylation is 1. The largest absolute Gasteiger partial charge is 0.496 e. The molecule has 1 fully saturated rings. The van der Waals surface area contributed by atoms with Crippen molar-refractivity contribution >= 4 is 11.8 Å². The minimum Gasteiger partial charge on any atom is -0.496 e. The quantitative estimate of drug-likeness (QED) is 0.874. The van der Waals surface area contributed by atoms with Crippen LogP contribution >= 0.6 is 11.8 Å². The van der Waals surface area contributed by atoms with Gasteiger partial charge in [0.05, 0.1) is 7.11 Å². The van der Waals surface area contributed by atoms with Crippen LogP contribution in [0.5, 0.6) is 5.75 Å². The fourth-order valence-corrected chi connectivity index (χ4v) is 4.36. The molecule has 0 spiro atoms.